The molecular formula is C27H25FN4O3. The molecule has 2 amide bonds. The minimum absolute atomic E-state index is 0.150. The third-order valence-electron chi connectivity index (χ3n) is 6.25. The summed E-state index contributed by atoms with van der Waals surface area (Å²) in [5.41, 5.74) is 2.99. The SMILES string of the molecule is Cc1cc(C)cc(N2C(=O)c3cc(-c4ccco4)nn3C[C@@]2(C)C(=O)NCc2ccc(F)cc2)c1. The summed E-state index contributed by atoms with van der Waals surface area (Å²) >= 11 is 0. The standard InChI is InChI=1S/C27H25FN4O3/c1-17-11-18(2)13-21(12-17)32-25(33)23-14-22(24-5-4-10-35-24)30-31(23)16-27(32,3)26(34)29-15-19-6-8-20(28)9-7-19/h4-14H,15-16H2,1-3H3,(H,29,34)/t27-/m0/s1. The maximum Gasteiger partial charge on any atom is 0.277 e. The second-order valence-corrected chi connectivity index (χ2v) is 9.12. The Morgan fingerprint density at radius 1 is 1.11 bits per heavy atom. The minimum atomic E-state index is -1.27. The number of amides is 2. The zero-order valence-corrected chi connectivity index (χ0v) is 19.7. The number of halogens is 1. The van der Waals surface area contributed by atoms with Crippen molar-refractivity contribution < 1.29 is 18.4 Å². The van der Waals surface area contributed by atoms with Crippen molar-refractivity contribution in [3.63, 3.8) is 0 Å². The summed E-state index contributed by atoms with van der Waals surface area (Å²) in [5, 5.41) is 7.49. The van der Waals surface area contributed by atoms with E-state index in [1.165, 1.54) is 12.1 Å². The highest BCUT2D eigenvalue weighted by Gasteiger charge is 2.49. The van der Waals surface area contributed by atoms with Crippen molar-refractivity contribution in [3.05, 3.63) is 95.1 Å². The van der Waals surface area contributed by atoms with Gasteiger partial charge in [0.1, 0.15) is 22.7 Å². The molecule has 0 fully saturated rings. The number of fused-ring (bicyclic) bond motifs is 1. The monoisotopic (exact) mass is 472 g/mol. The van der Waals surface area contributed by atoms with Crippen LogP contribution in [-0.2, 0) is 17.9 Å². The molecule has 178 valence electrons. The van der Waals surface area contributed by atoms with Crippen molar-refractivity contribution in [2.24, 2.45) is 0 Å². The molecule has 3 heterocycles. The molecule has 8 heteroatoms. The van der Waals surface area contributed by atoms with Gasteiger partial charge in [0.25, 0.3) is 5.91 Å². The van der Waals surface area contributed by atoms with Crippen LogP contribution < -0.4 is 10.2 Å². The third kappa shape index (κ3) is 4.12. The molecule has 7 nitrogen and oxygen atoms in total. The average Bonchev–Trinajstić information content (AvgIpc) is 3.48. The lowest BCUT2D eigenvalue weighted by atomic mass is 9.93. The van der Waals surface area contributed by atoms with E-state index < -0.39 is 5.54 Å². The molecule has 1 atom stereocenters. The Kier molecular flexibility index (Phi) is 5.51. The normalized spacial score (nSPS) is 17.4. The fraction of sp³-hybridized carbons (Fsp3) is 0.222. The van der Waals surface area contributed by atoms with Crippen LogP contribution in [0.15, 0.2) is 71.3 Å². The number of nitrogens with zero attached hydrogens (tertiary/aromatic N) is 3. The molecule has 2 aromatic heterocycles. The summed E-state index contributed by atoms with van der Waals surface area (Å²) < 4.78 is 20.3. The molecule has 0 saturated carbocycles. The highest BCUT2D eigenvalue weighted by molar-refractivity contribution is 6.12. The second-order valence-electron chi connectivity index (χ2n) is 9.12. The van der Waals surface area contributed by atoms with E-state index in [9.17, 15) is 14.0 Å². The predicted molar refractivity (Wildman–Crippen MR) is 129 cm³/mol. The van der Waals surface area contributed by atoms with E-state index in [2.05, 4.69) is 10.4 Å². The minimum Gasteiger partial charge on any atom is -0.463 e. The number of hydrogen-bond acceptors (Lipinski definition) is 4. The highest BCUT2D eigenvalue weighted by atomic mass is 19.1. The number of furan rings is 1. The van der Waals surface area contributed by atoms with Gasteiger partial charge in [-0.15, -0.1) is 0 Å². The Hall–Kier alpha value is -4.20. The Labute approximate surface area is 202 Å². The topological polar surface area (TPSA) is 80.4 Å². The van der Waals surface area contributed by atoms with Crippen LogP contribution >= 0.6 is 0 Å². The first-order valence-corrected chi connectivity index (χ1v) is 11.3. The van der Waals surface area contributed by atoms with Gasteiger partial charge in [0, 0.05) is 18.3 Å². The van der Waals surface area contributed by atoms with E-state index in [0.29, 0.717) is 22.8 Å². The molecule has 0 spiro atoms. The number of carbonyl (C=O) groups is 2. The first kappa shape index (κ1) is 22.6. The van der Waals surface area contributed by atoms with Crippen LogP contribution in [0.3, 0.4) is 0 Å². The molecule has 1 aliphatic rings. The summed E-state index contributed by atoms with van der Waals surface area (Å²) in [5.74, 6) is -0.467. The molecule has 1 N–H and O–H groups in total. The fourth-order valence-corrected chi connectivity index (χ4v) is 4.59. The molecule has 0 saturated heterocycles. The largest absolute Gasteiger partial charge is 0.463 e. The summed E-state index contributed by atoms with van der Waals surface area (Å²) in [7, 11) is 0. The zero-order valence-electron chi connectivity index (χ0n) is 19.7. The average molecular weight is 473 g/mol. The number of aryl methyl sites for hydroxylation is 2. The quantitative estimate of drug-likeness (QED) is 0.459. The Morgan fingerprint density at radius 2 is 1.83 bits per heavy atom. The highest BCUT2D eigenvalue weighted by Crippen LogP contribution is 2.35. The Morgan fingerprint density at radius 3 is 2.49 bits per heavy atom. The predicted octanol–water partition coefficient (Wildman–Crippen LogP) is 4.63. The summed E-state index contributed by atoms with van der Waals surface area (Å²) in [6.45, 7) is 6.00. The Bertz CT molecular complexity index is 1390. The van der Waals surface area contributed by atoms with E-state index in [1.807, 2.05) is 32.0 Å². The van der Waals surface area contributed by atoms with Crippen LogP contribution in [0.1, 0.15) is 34.1 Å². The molecule has 1 aliphatic heterocycles. The van der Waals surface area contributed by atoms with Crippen molar-refractivity contribution in [2.75, 3.05) is 4.90 Å². The zero-order chi connectivity index (χ0) is 24.7. The number of benzene rings is 2. The van der Waals surface area contributed by atoms with Crippen molar-refractivity contribution in [2.45, 2.75) is 39.4 Å². The smallest absolute Gasteiger partial charge is 0.277 e. The maximum atomic E-state index is 13.9. The number of carbonyl (C=O) groups excluding carboxylic acids is 2. The lowest BCUT2D eigenvalue weighted by molar-refractivity contribution is -0.126. The van der Waals surface area contributed by atoms with Gasteiger partial charge in [-0.2, -0.15) is 5.10 Å². The molecule has 5 rings (SSSR count). The van der Waals surface area contributed by atoms with Gasteiger partial charge < -0.3 is 9.73 Å². The molecule has 0 unspecified atom stereocenters. The van der Waals surface area contributed by atoms with Crippen molar-refractivity contribution in [3.8, 4) is 11.5 Å². The number of anilines is 1. The Balaban J connectivity index is 1.55. The first-order chi connectivity index (χ1) is 16.7. The first-order valence-electron chi connectivity index (χ1n) is 11.3. The molecular weight excluding hydrogens is 447 g/mol. The van der Waals surface area contributed by atoms with Gasteiger partial charge in [-0.1, -0.05) is 18.2 Å². The van der Waals surface area contributed by atoms with Gasteiger partial charge in [-0.05, 0) is 73.9 Å². The number of hydrogen-bond donors (Lipinski definition) is 1. The van der Waals surface area contributed by atoms with Gasteiger partial charge in [0.15, 0.2) is 5.76 Å². The van der Waals surface area contributed by atoms with E-state index in [1.54, 1.807) is 53.1 Å². The lowest BCUT2D eigenvalue weighted by Crippen LogP contribution is -2.64. The molecule has 4 aromatic rings. The van der Waals surface area contributed by atoms with Crippen molar-refractivity contribution >= 4 is 17.5 Å². The van der Waals surface area contributed by atoms with Crippen LogP contribution in [0.2, 0.25) is 0 Å². The molecule has 0 radical (unpaired) electrons. The van der Waals surface area contributed by atoms with Gasteiger partial charge >= 0.3 is 0 Å². The number of aromatic nitrogens is 2. The van der Waals surface area contributed by atoms with Gasteiger partial charge in [0.05, 0.1) is 12.8 Å². The second kappa shape index (κ2) is 8.54. The van der Waals surface area contributed by atoms with Crippen LogP contribution in [-0.4, -0.2) is 27.1 Å². The van der Waals surface area contributed by atoms with Crippen molar-refractivity contribution in [1.82, 2.24) is 15.1 Å². The molecule has 2 aromatic carbocycles. The maximum absolute atomic E-state index is 13.9. The van der Waals surface area contributed by atoms with Crippen LogP contribution in [0.25, 0.3) is 11.5 Å². The molecule has 0 aliphatic carbocycles. The fourth-order valence-electron chi connectivity index (χ4n) is 4.59. The summed E-state index contributed by atoms with van der Waals surface area (Å²) in [6.07, 6.45) is 1.55. The molecule has 35 heavy (non-hydrogen) atoms. The summed E-state index contributed by atoms with van der Waals surface area (Å²) in [4.78, 5) is 29.1. The van der Waals surface area contributed by atoms with E-state index in [0.717, 1.165) is 16.7 Å². The lowest BCUT2D eigenvalue weighted by Gasteiger charge is -2.43. The summed E-state index contributed by atoms with van der Waals surface area (Å²) in [6, 6.07) is 17.0. The number of rotatable bonds is 5. The number of nitrogens with one attached hydrogen (secondary N) is 1. The third-order valence-corrected chi connectivity index (χ3v) is 6.25. The van der Waals surface area contributed by atoms with Gasteiger partial charge in [-0.3, -0.25) is 19.2 Å². The van der Waals surface area contributed by atoms with E-state index in [4.69, 9.17) is 4.42 Å². The van der Waals surface area contributed by atoms with Gasteiger partial charge in [0.2, 0.25) is 5.91 Å². The van der Waals surface area contributed by atoms with E-state index >= 15 is 0 Å². The van der Waals surface area contributed by atoms with Crippen LogP contribution in [0.5, 0.6) is 0 Å². The van der Waals surface area contributed by atoms with Crippen molar-refractivity contribution in [1.29, 1.82) is 0 Å². The van der Waals surface area contributed by atoms with Crippen LogP contribution in [0.4, 0.5) is 10.1 Å². The van der Waals surface area contributed by atoms with Crippen LogP contribution in [0, 0.1) is 19.7 Å². The molecule has 0 bridgehead atoms. The van der Waals surface area contributed by atoms with E-state index in [-0.39, 0.29) is 30.7 Å². The van der Waals surface area contributed by atoms with Gasteiger partial charge in [-0.25, -0.2) is 4.39 Å².